The van der Waals surface area contributed by atoms with Crippen molar-refractivity contribution in [3.8, 4) is 5.75 Å². The van der Waals surface area contributed by atoms with Gasteiger partial charge in [0.2, 0.25) is 0 Å². The van der Waals surface area contributed by atoms with Crippen molar-refractivity contribution in [2.75, 3.05) is 0 Å². The Bertz CT molecular complexity index is 1140. The summed E-state index contributed by atoms with van der Waals surface area (Å²) in [7, 11) is -5.71. The predicted molar refractivity (Wildman–Crippen MR) is 88.2 cm³/mol. The summed E-state index contributed by atoms with van der Waals surface area (Å²) in [6.45, 7) is 0. The third kappa shape index (κ3) is 2.84. The number of hydrogen-bond donors (Lipinski definition) is 0. The first-order chi connectivity index (χ1) is 12.7. The van der Waals surface area contributed by atoms with Crippen LogP contribution in [0.1, 0.15) is 23.9 Å². The van der Waals surface area contributed by atoms with Crippen LogP contribution >= 0.6 is 0 Å². The number of halogens is 4. The molecule has 0 bridgehead atoms. The van der Waals surface area contributed by atoms with Crippen molar-refractivity contribution in [1.82, 2.24) is 8.96 Å². The van der Waals surface area contributed by atoms with Gasteiger partial charge in [-0.15, -0.1) is 0 Å². The Morgan fingerprint density at radius 1 is 1.15 bits per heavy atom. The molecule has 10 heteroatoms. The highest BCUT2D eigenvalue weighted by Gasteiger charge is 2.50. The summed E-state index contributed by atoms with van der Waals surface area (Å²) in [4.78, 5) is 4.09. The van der Waals surface area contributed by atoms with E-state index in [-0.39, 0.29) is 33.0 Å². The van der Waals surface area contributed by atoms with E-state index in [0.717, 1.165) is 6.07 Å². The number of aromatic nitrogens is 2. The molecule has 27 heavy (non-hydrogen) atoms. The Labute approximate surface area is 151 Å². The summed E-state index contributed by atoms with van der Waals surface area (Å²) in [6, 6.07) is 9.45. The van der Waals surface area contributed by atoms with Crippen LogP contribution < -0.4 is 4.74 Å². The summed E-state index contributed by atoms with van der Waals surface area (Å²) >= 11 is 0. The van der Waals surface area contributed by atoms with E-state index in [1.54, 1.807) is 6.07 Å². The number of ether oxygens (including phenoxy) is 1. The second-order valence-corrected chi connectivity index (χ2v) is 7.85. The van der Waals surface area contributed by atoms with Gasteiger partial charge in [-0.05, 0) is 48.7 Å². The SMILES string of the molecule is O=S(=O)(n1c(C2CCc3cc(F)ccc3O2)nc2ccccc21)C(F)(F)F. The zero-order valence-corrected chi connectivity index (χ0v) is 14.4. The van der Waals surface area contributed by atoms with Gasteiger partial charge < -0.3 is 4.74 Å². The molecule has 5 nitrogen and oxygen atoms in total. The Morgan fingerprint density at radius 3 is 2.63 bits per heavy atom. The Hall–Kier alpha value is -2.62. The summed E-state index contributed by atoms with van der Waals surface area (Å²) < 4.78 is 83.3. The van der Waals surface area contributed by atoms with E-state index in [1.165, 1.54) is 30.3 Å². The molecule has 4 rings (SSSR count). The van der Waals surface area contributed by atoms with Crippen LogP contribution in [0.5, 0.6) is 5.75 Å². The van der Waals surface area contributed by atoms with Crippen molar-refractivity contribution in [1.29, 1.82) is 0 Å². The first-order valence-electron chi connectivity index (χ1n) is 7.93. The Balaban J connectivity index is 1.88. The molecule has 1 atom stereocenters. The van der Waals surface area contributed by atoms with Gasteiger partial charge in [-0.25, -0.2) is 13.3 Å². The molecular weight excluding hydrogens is 388 g/mol. The number of hydrogen-bond acceptors (Lipinski definition) is 4. The van der Waals surface area contributed by atoms with Crippen LogP contribution in [0.25, 0.3) is 11.0 Å². The molecular formula is C17H12F4N2O3S. The number of imidazole rings is 1. The smallest absolute Gasteiger partial charge is 0.482 e. The van der Waals surface area contributed by atoms with Crippen molar-refractivity contribution in [3.05, 3.63) is 59.7 Å². The average Bonchev–Trinajstić information content (AvgIpc) is 3.00. The lowest BCUT2D eigenvalue weighted by molar-refractivity contribution is -0.0447. The van der Waals surface area contributed by atoms with Gasteiger partial charge in [-0.1, -0.05) is 12.1 Å². The molecule has 142 valence electrons. The van der Waals surface area contributed by atoms with Crippen molar-refractivity contribution in [2.45, 2.75) is 24.5 Å². The number of nitrogens with zero attached hydrogens (tertiary/aromatic N) is 2. The average molecular weight is 400 g/mol. The van der Waals surface area contributed by atoms with Gasteiger partial charge >= 0.3 is 15.5 Å². The minimum Gasteiger partial charge on any atom is -0.482 e. The number of benzene rings is 2. The van der Waals surface area contributed by atoms with E-state index in [2.05, 4.69) is 4.98 Å². The largest absolute Gasteiger partial charge is 0.517 e. The molecule has 0 fully saturated rings. The van der Waals surface area contributed by atoms with Crippen molar-refractivity contribution >= 4 is 21.1 Å². The van der Waals surface area contributed by atoms with Crippen LogP contribution in [0.3, 0.4) is 0 Å². The fourth-order valence-electron chi connectivity index (χ4n) is 3.12. The number of fused-ring (bicyclic) bond motifs is 2. The highest BCUT2D eigenvalue weighted by molar-refractivity contribution is 7.91. The maximum atomic E-state index is 13.3. The van der Waals surface area contributed by atoms with Crippen LogP contribution in [0.15, 0.2) is 42.5 Å². The molecule has 1 unspecified atom stereocenters. The minimum atomic E-state index is -5.71. The molecule has 0 aliphatic carbocycles. The minimum absolute atomic E-state index is 0.105. The van der Waals surface area contributed by atoms with Gasteiger partial charge in [0.15, 0.2) is 11.9 Å². The molecule has 0 amide bonds. The fourth-order valence-corrected chi connectivity index (χ4v) is 4.15. The maximum absolute atomic E-state index is 13.3. The summed E-state index contributed by atoms with van der Waals surface area (Å²) in [5.74, 6) is -0.526. The van der Waals surface area contributed by atoms with E-state index < -0.39 is 27.5 Å². The van der Waals surface area contributed by atoms with E-state index in [1.807, 2.05) is 0 Å². The van der Waals surface area contributed by atoms with Gasteiger partial charge in [0.25, 0.3) is 0 Å². The molecule has 0 N–H and O–H groups in total. The van der Waals surface area contributed by atoms with Crippen LogP contribution in [0.2, 0.25) is 0 Å². The lowest BCUT2D eigenvalue weighted by Crippen LogP contribution is -2.32. The van der Waals surface area contributed by atoms with E-state index >= 15 is 0 Å². The van der Waals surface area contributed by atoms with Crippen LogP contribution in [-0.2, 0) is 16.4 Å². The zero-order chi connectivity index (χ0) is 19.4. The van der Waals surface area contributed by atoms with Gasteiger partial charge in [0.1, 0.15) is 11.6 Å². The van der Waals surface area contributed by atoms with Crippen LogP contribution in [0, 0.1) is 5.82 Å². The topological polar surface area (TPSA) is 61.2 Å². The molecule has 1 aromatic heterocycles. The second-order valence-electron chi connectivity index (χ2n) is 6.07. The molecule has 0 radical (unpaired) electrons. The zero-order valence-electron chi connectivity index (χ0n) is 13.6. The summed E-state index contributed by atoms with van der Waals surface area (Å²) in [6.07, 6.45) is -0.548. The monoisotopic (exact) mass is 400 g/mol. The quantitative estimate of drug-likeness (QED) is 0.612. The molecule has 0 saturated carbocycles. The summed E-state index contributed by atoms with van der Waals surface area (Å²) in [5.41, 5.74) is -5.01. The lowest BCUT2D eigenvalue weighted by Gasteiger charge is -2.26. The molecule has 2 heterocycles. The van der Waals surface area contributed by atoms with E-state index in [4.69, 9.17) is 4.74 Å². The number of rotatable bonds is 2. The fraction of sp³-hybridized carbons (Fsp3) is 0.235. The normalized spacial score (nSPS) is 17.6. The third-order valence-corrected chi connectivity index (χ3v) is 5.78. The van der Waals surface area contributed by atoms with Gasteiger partial charge in [0.05, 0.1) is 11.0 Å². The van der Waals surface area contributed by atoms with Crippen LogP contribution in [0.4, 0.5) is 17.6 Å². The molecule has 2 aromatic carbocycles. The molecule has 0 saturated heterocycles. The highest BCUT2D eigenvalue weighted by atomic mass is 32.2. The number of alkyl halides is 3. The molecule has 0 spiro atoms. The number of aryl methyl sites for hydroxylation is 1. The van der Waals surface area contributed by atoms with Crippen molar-refractivity contribution in [2.24, 2.45) is 0 Å². The van der Waals surface area contributed by atoms with Gasteiger partial charge in [-0.3, -0.25) is 0 Å². The molecule has 1 aliphatic heterocycles. The molecule has 1 aliphatic rings. The lowest BCUT2D eigenvalue weighted by atomic mass is 10.0. The van der Waals surface area contributed by atoms with Gasteiger partial charge in [0, 0.05) is 0 Å². The molecule has 3 aromatic rings. The predicted octanol–water partition coefficient (Wildman–Crippen LogP) is 3.94. The second kappa shape index (κ2) is 5.95. The maximum Gasteiger partial charge on any atom is 0.517 e. The third-order valence-electron chi connectivity index (χ3n) is 4.33. The van der Waals surface area contributed by atoms with E-state index in [0.29, 0.717) is 12.0 Å². The number of para-hydroxylation sites is 2. The van der Waals surface area contributed by atoms with E-state index in [9.17, 15) is 26.0 Å². The first kappa shape index (κ1) is 17.8. The summed E-state index contributed by atoms with van der Waals surface area (Å²) in [5, 5.41) is 0. The Kier molecular flexibility index (Phi) is 3.91. The Morgan fingerprint density at radius 2 is 1.89 bits per heavy atom. The highest BCUT2D eigenvalue weighted by Crippen LogP contribution is 2.38. The van der Waals surface area contributed by atoms with Crippen LogP contribution in [-0.4, -0.2) is 22.9 Å². The van der Waals surface area contributed by atoms with Gasteiger partial charge in [-0.2, -0.15) is 21.6 Å². The van der Waals surface area contributed by atoms with Crippen molar-refractivity contribution < 1.29 is 30.7 Å². The standard InChI is InChI=1S/C17H12F4N2O3S/c18-11-6-8-14-10(9-11)5-7-15(26-14)16-22-12-3-1-2-4-13(12)23(16)27(24,25)17(19,20)21/h1-4,6,8-9,15H,5,7H2. The van der Waals surface area contributed by atoms with Crippen molar-refractivity contribution in [3.63, 3.8) is 0 Å². The first-order valence-corrected chi connectivity index (χ1v) is 9.37.